The summed E-state index contributed by atoms with van der Waals surface area (Å²) in [6.07, 6.45) is 2.44. The molecule has 168 valence electrons. The number of benzene rings is 1. The van der Waals surface area contributed by atoms with E-state index in [9.17, 15) is 14.4 Å². The van der Waals surface area contributed by atoms with Crippen LogP contribution in [0, 0.1) is 11.8 Å². The lowest BCUT2D eigenvalue weighted by molar-refractivity contribution is -0.139. The number of primary amides is 1. The molecule has 0 aromatic heterocycles. The maximum atomic E-state index is 13.3. The van der Waals surface area contributed by atoms with Crippen molar-refractivity contribution in [3.05, 3.63) is 23.2 Å². The van der Waals surface area contributed by atoms with E-state index in [2.05, 4.69) is 0 Å². The van der Waals surface area contributed by atoms with Gasteiger partial charge in [0.1, 0.15) is 11.9 Å². The van der Waals surface area contributed by atoms with E-state index in [1.807, 2.05) is 16.7 Å². The van der Waals surface area contributed by atoms with E-state index in [-0.39, 0.29) is 35.8 Å². The molecule has 0 spiro atoms. The Morgan fingerprint density at radius 2 is 1.61 bits per heavy atom. The SMILES string of the molecule is CC1CN(C(=O)N2CCC(C(=O)N3CCC(C(N)=O)CC3)CC2)c2cc(Cl)ccc2O1. The number of carbonyl (C=O) groups excluding carboxylic acids is 3. The van der Waals surface area contributed by atoms with Crippen LogP contribution in [0.4, 0.5) is 10.5 Å². The van der Waals surface area contributed by atoms with E-state index in [4.69, 9.17) is 22.1 Å². The van der Waals surface area contributed by atoms with Crippen LogP contribution in [0.3, 0.4) is 0 Å². The fourth-order valence-electron chi connectivity index (χ4n) is 4.72. The highest BCUT2D eigenvalue weighted by Crippen LogP contribution is 2.36. The number of likely N-dealkylation sites (tertiary alicyclic amines) is 2. The number of piperidine rings is 2. The van der Waals surface area contributed by atoms with Gasteiger partial charge < -0.3 is 20.3 Å². The summed E-state index contributed by atoms with van der Waals surface area (Å²) in [5.41, 5.74) is 6.07. The molecule has 0 bridgehead atoms. The average Bonchev–Trinajstić information content (AvgIpc) is 2.78. The van der Waals surface area contributed by atoms with Crippen LogP contribution >= 0.6 is 11.6 Å². The van der Waals surface area contributed by atoms with Crippen LogP contribution in [0.25, 0.3) is 0 Å². The van der Waals surface area contributed by atoms with E-state index in [1.165, 1.54) is 0 Å². The van der Waals surface area contributed by atoms with Crippen molar-refractivity contribution in [2.24, 2.45) is 17.6 Å². The van der Waals surface area contributed by atoms with Crippen LogP contribution in [0.15, 0.2) is 18.2 Å². The predicted octanol–water partition coefficient (Wildman–Crippen LogP) is 2.48. The largest absolute Gasteiger partial charge is 0.487 e. The summed E-state index contributed by atoms with van der Waals surface area (Å²) in [6, 6.07) is 5.23. The molecule has 31 heavy (non-hydrogen) atoms. The third-order valence-electron chi connectivity index (χ3n) is 6.53. The summed E-state index contributed by atoms with van der Waals surface area (Å²) < 4.78 is 5.84. The summed E-state index contributed by atoms with van der Waals surface area (Å²) >= 11 is 6.15. The molecule has 1 aromatic carbocycles. The maximum absolute atomic E-state index is 13.3. The summed E-state index contributed by atoms with van der Waals surface area (Å²) in [4.78, 5) is 42.9. The smallest absolute Gasteiger partial charge is 0.324 e. The van der Waals surface area contributed by atoms with Gasteiger partial charge in [0.25, 0.3) is 0 Å². The normalized spacial score (nSPS) is 22.6. The van der Waals surface area contributed by atoms with E-state index in [1.54, 1.807) is 23.1 Å². The van der Waals surface area contributed by atoms with Gasteiger partial charge in [0.05, 0.1) is 12.2 Å². The Morgan fingerprint density at radius 3 is 2.26 bits per heavy atom. The Bertz CT molecular complexity index is 863. The van der Waals surface area contributed by atoms with Crippen LogP contribution in [-0.2, 0) is 9.59 Å². The lowest BCUT2D eigenvalue weighted by atomic mass is 9.92. The first-order valence-electron chi connectivity index (χ1n) is 10.9. The molecule has 4 amide bonds. The molecule has 1 unspecified atom stereocenters. The monoisotopic (exact) mass is 448 g/mol. The van der Waals surface area contributed by atoms with Gasteiger partial charge in [-0.2, -0.15) is 0 Å². The van der Waals surface area contributed by atoms with E-state index in [0.717, 1.165) is 0 Å². The number of anilines is 1. The van der Waals surface area contributed by atoms with Crippen LogP contribution in [0.2, 0.25) is 5.02 Å². The van der Waals surface area contributed by atoms with Crippen LogP contribution in [0.5, 0.6) is 5.75 Å². The van der Waals surface area contributed by atoms with Crippen LogP contribution in [0.1, 0.15) is 32.6 Å². The third kappa shape index (κ3) is 4.59. The Balaban J connectivity index is 1.35. The quantitative estimate of drug-likeness (QED) is 0.751. The van der Waals surface area contributed by atoms with Crippen molar-refractivity contribution in [1.29, 1.82) is 0 Å². The number of amides is 4. The Morgan fingerprint density at radius 1 is 1.00 bits per heavy atom. The maximum Gasteiger partial charge on any atom is 0.324 e. The number of carbonyl (C=O) groups is 3. The van der Waals surface area contributed by atoms with Crippen molar-refractivity contribution >= 4 is 35.1 Å². The van der Waals surface area contributed by atoms with Crippen molar-refractivity contribution in [2.75, 3.05) is 37.6 Å². The summed E-state index contributed by atoms with van der Waals surface area (Å²) in [7, 11) is 0. The van der Waals surface area contributed by atoms with Gasteiger partial charge in [-0.1, -0.05) is 11.6 Å². The van der Waals surface area contributed by atoms with E-state index in [0.29, 0.717) is 74.9 Å². The van der Waals surface area contributed by atoms with Gasteiger partial charge in [-0.05, 0) is 50.8 Å². The van der Waals surface area contributed by atoms with E-state index < -0.39 is 0 Å². The van der Waals surface area contributed by atoms with Crippen molar-refractivity contribution in [3.8, 4) is 5.75 Å². The average molecular weight is 449 g/mol. The minimum Gasteiger partial charge on any atom is -0.487 e. The van der Waals surface area contributed by atoms with Gasteiger partial charge >= 0.3 is 6.03 Å². The number of ether oxygens (including phenoxy) is 1. The van der Waals surface area contributed by atoms with Crippen molar-refractivity contribution in [1.82, 2.24) is 9.80 Å². The zero-order valence-corrected chi connectivity index (χ0v) is 18.5. The summed E-state index contributed by atoms with van der Waals surface area (Å²) in [5, 5.41) is 0.555. The van der Waals surface area contributed by atoms with Crippen LogP contribution in [-0.4, -0.2) is 66.5 Å². The molecule has 4 rings (SSSR count). The van der Waals surface area contributed by atoms with Gasteiger partial charge in [-0.15, -0.1) is 0 Å². The Hall–Kier alpha value is -2.48. The topological polar surface area (TPSA) is 96.2 Å². The molecule has 0 aliphatic carbocycles. The second-order valence-corrected chi connectivity index (χ2v) is 9.13. The highest BCUT2D eigenvalue weighted by atomic mass is 35.5. The number of urea groups is 1. The Kier molecular flexibility index (Phi) is 6.27. The molecule has 3 aliphatic rings. The lowest BCUT2D eigenvalue weighted by Gasteiger charge is -2.40. The standard InChI is InChI=1S/C22H29ClN4O4/c1-14-13-27(18-12-17(23)2-3-19(18)31-14)22(30)26-10-6-16(7-11-26)21(29)25-8-4-15(5-9-25)20(24)28/h2-3,12,14-16H,4-11,13H2,1H3,(H2,24,28). The molecule has 1 atom stereocenters. The van der Waals surface area contributed by atoms with Crippen LogP contribution < -0.4 is 15.4 Å². The molecule has 3 heterocycles. The van der Waals surface area contributed by atoms with Crippen molar-refractivity contribution < 1.29 is 19.1 Å². The first-order chi connectivity index (χ1) is 14.8. The van der Waals surface area contributed by atoms with Gasteiger partial charge in [0, 0.05) is 43.0 Å². The number of halogens is 1. The van der Waals surface area contributed by atoms with Gasteiger partial charge in [0.2, 0.25) is 11.8 Å². The molecule has 0 saturated carbocycles. The molecule has 2 saturated heterocycles. The Labute approximate surface area is 187 Å². The van der Waals surface area contributed by atoms with Gasteiger partial charge in [0.15, 0.2) is 0 Å². The number of hydrogen-bond donors (Lipinski definition) is 1. The molecule has 2 N–H and O–H groups in total. The third-order valence-corrected chi connectivity index (χ3v) is 6.77. The van der Waals surface area contributed by atoms with E-state index >= 15 is 0 Å². The van der Waals surface area contributed by atoms with Gasteiger partial charge in [-0.3, -0.25) is 14.5 Å². The number of rotatable bonds is 2. The highest BCUT2D eigenvalue weighted by molar-refractivity contribution is 6.31. The predicted molar refractivity (Wildman–Crippen MR) is 117 cm³/mol. The minimum absolute atomic E-state index is 0.0770. The highest BCUT2D eigenvalue weighted by Gasteiger charge is 2.36. The molecule has 2 fully saturated rings. The summed E-state index contributed by atoms with van der Waals surface area (Å²) in [5.74, 6) is 0.294. The lowest BCUT2D eigenvalue weighted by Crippen LogP contribution is -2.52. The molecule has 0 radical (unpaired) electrons. The minimum atomic E-state index is -0.279. The summed E-state index contributed by atoms with van der Waals surface area (Å²) in [6.45, 7) is 4.62. The number of hydrogen-bond acceptors (Lipinski definition) is 4. The molecule has 1 aromatic rings. The van der Waals surface area contributed by atoms with Crippen molar-refractivity contribution in [2.45, 2.75) is 38.7 Å². The fourth-order valence-corrected chi connectivity index (χ4v) is 4.89. The molecule has 9 heteroatoms. The zero-order chi connectivity index (χ0) is 22.1. The van der Waals surface area contributed by atoms with Crippen molar-refractivity contribution in [3.63, 3.8) is 0 Å². The van der Waals surface area contributed by atoms with Gasteiger partial charge in [-0.25, -0.2) is 4.79 Å². The first kappa shape index (κ1) is 21.7. The molecular weight excluding hydrogens is 420 g/mol. The molecular formula is C22H29ClN4O4. The second kappa shape index (κ2) is 8.94. The number of nitrogens with two attached hydrogens (primary N) is 1. The number of fused-ring (bicyclic) bond motifs is 1. The number of nitrogens with zero attached hydrogens (tertiary/aromatic N) is 3. The zero-order valence-electron chi connectivity index (χ0n) is 17.8. The molecule has 3 aliphatic heterocycles. The first-order valence-corrected chi connectivity index (χ1v) is 11.3. The molecule has 8 nitrogen and oxygen atoms in total. The second-order valence-electron chi connectivity index (χ2n) is 8.70. The fraction of sp³-hybridized carbons (Fsp3) is 0.591.